The lowest BCUT2D eigenvalue weighted by molar-refractivity contribution is 0.175. The molecule has 38 heavy (non-hydrogen) atoms. The predicted molar refractivity (Wildman–Crippen MR) is 139 cm³/mol. The molecule has 3 aromatic heterocycles. The van der Waals surface area contributed by atoms with Gasteiger partial charge >= 0.3 is 6.09 Å². The van der Waals surface area contributed by atoms with Gasteiger partial charge in [-0.15, -0.1) is 5.10 Å². The first-order valence-corrected chi connectivity index (χ1v) is 12.1. The molecule has 12 heteroatoms. The first kappa shape index (κ1) is 23.8. The summed E-state index contributed by atoms with van der Waals surface area (Å²) in [5.41, 5.74) is 6.17. The van der Waals surface area contributed by atoms with Crippen LogP contribution in [0.25, 0.3) is 28.1 Å². The van der Waals surface area contributed by atoms with Crippen molar-refractivity contribution in [3.05, 3.63) is 89.4 Å². The number of tetrazole rings is 1. The Hall–Kier alpha value is -4.61. The third kappa shape index (κ3) is 4.38. The third-order valence-corrected chi connectivity index (χ3v) is 6.75. The molecule has 0 aliphatic heterocycles. The van der Waals surface area contributed by atoms with E-state index in [1.807, 2.05) is 30.3 Å². The summed E-state index contributed by atoms with van der Waals surface area (Å²) in [6.45, 7) is 0. The van der Waals surface area contributed by atoms with Gasteiger partial charge in [0.2, 0.25) is 0 Å². The van der Waals surface area contributed by atoms with E-state index in [9.17, 15) is 9.90 Å². The van der Waals surface area contributed by atoms with E-state index in [4.69, 9.17) is 16.6 Å². The number of anilines is 1. The molecule has 0 saturated heterocycles. The normalized spacial score (nSPS) is 16.3. The van der Waals surface area contributed by atoms with Gasteiger partial charge in [0.25, 0.3) is 0 Å². The van der Waals surface area contributed by atoms with E-state index < -0.39 is 12.2 Å². The summed E-state index contributed by atoms with van der Waals surface area (Å²) < 4.78 is 6.18. The Morgan fingerprint density at radius 2 is 1.97 bits per heavy atom. The number of H-pyrrole nitrogens is 1. The van der Waals surface area contributed by atoms with Crippen LogP contribution in [0.3, 0.4) is 0 Å². The Bertz CT molecular complexity index is 1620. The van der Waals surface area contributed by atoms with Crippen LogP contribution in [0.1, 0.15) is 35.5 Å². The molecular formula is C26H21ClN8O3. The molecule has 0 bridgehead atoms. The van der Waals surface area contributed by atoms with Crippen LogP contribution in [0.5, 0.6) is 0 Å². The number of nitrogens with one attached hydrogen (secondary N) is 2. The molecule has 3 N–H and O–H groups in total. The number of rotatable bonds is 5. The maximum atomic E-state index is 11.4. The molecule has 6 rings (SSSR count). The molecule has 0 radical (unpaired) electrons. The highest BCUT2D eigenvalue weighted by Gasteiger charge is 2.34. The zero-order chi connectivity index (χ0) is 26.2. The number of hydrogen-bond donors (Lipinski definition) is 3. The number of aromatic amines is 1. The van der Waals surface area contributed by atoms with Gasteiger partial charge in [-0.1, -0.05) is 23.7 Å². The maximum Gasteiger partial charge on any atom is 0.411 e. The van der Waals surface area contributed by atoms with Crippen molar-refractivity contribution < 1.29 is 14.6 Å². The third-order valence-electron chi connectivity index (χ3n) is 6.52. The van der Waals surface area contributed by atoms with Gasteiger partial charge in [0.1, 0.15) is 12.2 Å². The molecule has 0 spiro atoms. The summed E-state index contributed by atoms with van der Waals surface area (Å²) in [5.74, 6) is 0.522. The van der Waals surface area contributed by atoms with Crippen LogP contribution in [0, 0.1) is 0 Å². The molecule has 0 fully saturated rings. The summed E-state index contributed by atoms with van der Waals surface area (Å²) in [4.78, 5) is 24.1. The van der Waals surface area contributed by atoms with Gasteiger partial charge in [-0.05, 0) is 58.8 Å². The Morgan fingerprint density at radius 1 is 1.13 bits per heavy atom. The zero-order valence-corrected chi connectivity index (χ0v) is 20.8. The second kappa shape index (κ2) is 9.69. The second-order valence-corrected chi connectivity index (χ2v) is 9.23. The number of amides is 1. The smallest absolute Gasteiger partial charge is 0.411 e. The van der Waals surface area contributed by atoms with Crippen LogP contribution >= 0.6 is 11.6 Å². The van der Waals surface area contributed by atoms with E-state index in [-0.39, 0.29) is 5.92 Å². The van der Waals surface area contributed by atoms with Crippen LogP contribution in [-0.2, 0) is 4.74 Å². The number of halogens is 1. The molecule has 1 aliphatic rings. The average Bonchev–Trinajstić information content (AvgIpc) is 3.70. The molecule has 3 heterocycles. The summed E-state index contributed by atoms with van der Waals surface area (Å²) >= 11 is 6.30. The Kier molecular flexibility index (Phi) is 6.06. The van der Waals surface area contributed by atoms with Crippen molar-refractivity contribution in [2.45, 2.75) is 18.4 Å². The molecule has 190 valence electrons. The Morgan fingerprint density at radius 3 is 2.74 bits per heavy atom. The first-order chi connectivity index (χ1) is 18.5. The second-order valence-electron chi connectivity index (χ2n) is 8.79. The van der Waals surface area contributed by atoms with Crippen LogP contribution in [0.2, 0.25) is 5.02 Å². The molecule has 1 aliphatic carbocycles. The SMILES string of the molecule is COC(=O)Nc1ccc(-c2cnc(C3CC(O)c4cc(-c5cc(Cl)ccc5-n5cnnn5)cnc43)[nH]2)cc1. The fourth-order valence-corrected chi connectivity index (χ4v) is 4.85. The number of aliphatic hydroxyl groups excluding tert-OH is 1. The van der Waals surface area contributed by atoms with Crippen molar-refractivity contribution in [3.8, 4) is 28.1 Å². The average molecular weight is 529 g/mol. The quantitative estimate of drug-likeness (QED) is 0.302. The van der Waals surface area contributed by atoms with Crippen LogP contribution in [0.4, 0.5) is 10.5 Å². The number of nitrogens with zero attached hydrogens (tertiary/aromatic N) is 6. The zero-order valence-electron chi connectivity index (χ0n) is 20.0. The van der Waals surface area contributed by atoms with Crippen LogP contribution in [0.15, 0.2) is 67.3 Å². The lowest BCUT2D eigenvalue weighted by Gasteiger charge is -2.12. The van der Waals surface area contributed by atoms with Crippen LogP contribution < -0.4 is 5.32 Å². The van der Waals surface area contributed by atoms with Gasteiger partial charge in [0.05, 0.1) is 42.4 Å². The van der Waals surface area contributed by atoms with E-state index in [1.165, 1.54) is 13.4 Å². The molecule has 2 atom stereocenters. The first-order valence-electron chi connectivity index (χ1n) is 11.7. The van der Waals surface area contributed by atoms with Crippen molar-refractivity contribution in [3.63, 3.8) is 0 Å². The summed E-state index contributed by atoms with van der Waals surface area (Å²) in [5, 5.41) is 25.6. The lowest BCUT2D eigenvalue weighted by atomic mass is 10.0. The highest BCUT2D eigenvalue weighted by Crippen LogP contribution is 2.44. The molecule has 2 aromatic carbocycles. The van der Waals surface area contributed by atoms with Gasteiger partial charge in [-0.2, -0.15) is 4.68 Å². The number of hydrogen-bond acceptors (Lipinski definition) is 8. The number of aliphatic hydroxyl groups is 1. The number of aromatic nitrogens is 7. The number of imidazole rings is 1. The summed E-state index contributed by atoms with van der Waals surface area (Å²) in [6, 6.07) is 14.7. The van der Waals surface area contributed by atoms with E-state index >= 15 is 0 Å². The maximum absolute atomic E-state index is 11.4. The minimum atomic E-state index is -0.699. The van der Waals surface area contributed by atoms with E-state index in [0.29, 0.717) is 23.0 Å². The summed E-state index contributed by atoms with van der Waals surface area (Å²) in [7, 11) is 1.31. The number of carbonyl (C=O) groups excluding carboxylic acids is 1. The van der Waals surface area contributed by atoms with Gasteiger partial charge < -0.3 is 14.8 Å². The van der Waals surface area contributed by atoms with Gasteiger partial charge in [0, 0.05) is 33.6 Å². The molecule has 1 amide bonds. The predicted octanol–water partition coefficient (Wildman–Crippen LogP) is 4.52. The standard InChI is InChI=1S/C26H21ClN8O3/c1-38-26(37)31-17-5-2-14(3-6-17)21-12-29-25(32-21)20-10-23(36)19-8-15(11-28-24(19)20)18-9-16(27)4-7-22(18)35-13-30-33-34-35/h2-9,11-13,20,23,36H,10H2,1H3,(H,29,32)(H,31,37). The number of pyridine rings is 1. The van der Waals surface area contributed by atoms with Crippen LogP contribution in [-0.4, -0.2) is 53.5 Å². The summed E-state index contributed by atoms with van der Waals surface area (Å²) in [6.07, 6.45) is 4.25. The lowest BCUT2D eigenvalue weighted by Crippen LogP contribution is -2.10. The molecule has 11 nitrogen and oxygen atoms in total. The number of carbonyl (C=O) groups is 1. The van der Waals surface area contributed by atoms with Crippen molar-refractivity contribution in [1.82, 2.24) is 35.2 Å². The fourth-order valence-electron chi connectivity index (χ4n) is 4.67. The van der Waals surface area contributed by atoms with Gasteiger partial charge in [0.15, 0.2) is 0 Å². The Balaban J connectivity index is 1.29. The Labute approximate surface area is 221 Å². The van der Waals surface area contributed by atoms with Crippen molar-refractivity contribution in [2.24, 2.45) is 0 Å². The van der Waals surface area contributed by atoms with Crippen molar-refractivity contribution in [2.75, 3.05) is 12.4 Å². The minimum Gasteiger partial charge on any atom is -0.453 e. The highest BCUT2D eigenvalue weighted by atomic mass is 35.5. The molecule has 2 unspecified atom stereocenters. The molecular weight excluding hydrogens is 508 g/mol. The topological polar surface area (TPSA) is 144 Å². The van der Waals surface area contributed by atoms with Crippen molar-refractivity contribution >= 4 is 23.4 Å². The number of fused-ring (bicyclic) bond motifs is 1. The van der Waals surface area contributed by atoms with E-state index in [1.54, 1.807) is 35.3 Å². The highest BCUT2D eigenvalue weighted by molar-refractivity contribution is 6.31. The van der Waals surface area contributed by atoms with Gasteiger partial charge in [-0.25, -0.2) is 9.78 Å². The van der Waals surface area contributed by atoms with E-state index in [2.05, 4.69) is 35.5 Å². The minimum absolute atomic E-state index is 0.193. The number of ether oxygens (including phenoxy) is 1. The monoisotopic (exact) mass is 528 g/mol. The van der Waals surface area contributed by atoms with Crippen molar-refractivity contribution in [1.29, 1.82) is 0 Å². The largest absolute Gasteiger partial charge is 0.453 e. The number of methoxy groups -OCH3 is 1. The molecule has 0 saturated carbocycles. The molecule has 5 aromatic rings. The van der Waals surface area contributed by atoms with Gasteiger partial charge in [-0.3, -0.25) is 10.3 Å². The van der Waals surface area contributed by atoms with E-state index in [0.717, 1.165) is 39.3 Å². The fraction of sp³-hybridized carbons (Fsp3) is 0.154. The number of benzene rings is 2.